The topological polar surface area (TPSA) is 169 Å². The summed E-state index contributed by atoms with van der Waals surface area (Å²) in [5, 5.41) is 21.0. The fraction of sp³-hybridized carbons (Fsp3) is 0.360. The molecule has 0 aliphatic heterocycles. The van der Waals surface area contributed by atoms with Gasteiger partial charge in [0.05, 0.1) is 33.0 Å². The summed E-state index contributed by atoms with van der Waals surface area (Å²) in [7, 11) is 0. The zero-order valence-electron chi connectivity index (χ0n) is 21.0. The van der Waals surface area contributed by atoms with Crippen molar-refractivity contribution in [1.29, 1.82) is 0 Å². The van der Waals surface area contributed by atoms with E-state index in [1.54, 1.807) is 36.4 Å². The van der Waals surface area contributed by atoms with Crippen LogP contribution in [0.15, 0.2) is 48.5 Å². The van der Waals surface area contributed by atoms with Crippen LogP contribution in [0.4, 0.5) is 27.9 Å². The molecule has 0 bridgehead atoms. The average molecular weight is 529 g/mol. The van der Waals surface area contributed by atoms with Crippen LogP contribution in [-0.2, 0) is 16.0 Å². The summed E-state index contributed by atoms with van der Waals surface area (Å²) in [5.41, 5.74) is 7.23. The first kappa shape index (κ1) is 28.7. The van der Waals surface area contributed by atoms with Crippen LogP contribution in [0.1, 0.15) is 15.9 Å². The summed E-state index contributed by atoms with van der Waals surface area (Å²) in [4.78, 5) is 25.6. The molecule has 13 heteroatoms. The second kappa shape index (κ2) is 16.0. The van der Waals surface area contributed by atoms with Gasteiger partial charge >= 0.3 is 0 Å². The number of ether oxygens (including phenoxy) is 2. The molecule has 1 aromatic heterocycles. The van der Waals surface area contributed by atoms with Crippen molar-refractivity contribution >= 4 is 29.4 Å². The number of benzene rings is 2. The molecule has 3 aromatic rings. The highest BCUT2D eigenvalue weighted by Gasteiger charge is 2.10. The lowest BCUT2D eigenvalue weighted by molar-refractivity contribution is 0.0511. The molecular weight excluding hydrogens is 495 g/mol. The van der Waals surface area contributed by atoms with Crippen LogP contribution in [0, 0.1) is 5.82 Å². The first-order valence-corrected chi connectivity index (χ1v) is 12.2. The van der Waals surface area contributed by atoms with Crippen molar-refractivity contribution in [1.82, 2.24) is 20.3 Å². The van der Waals surface area contributed by atoms with E-state index in [0.717, 1.165) is 5.56 Å². The quantitative estimate of drug-likeness (QED) is 0.140. The molecule has 38 heavy (non-hydrogen) atoms. The molecule has 2 aromatic carbocycles. The number of nitrogens with two attached hydrogens (primary N) is 1. The molecule has 0 radical (unpaired) electrons. The number of nitrogens with zero attached hydrogens (tertiary/aromatic N) is 3. The van der Waals surface area contributed by atoms with E-state index in [2.05, 4.69) is 36.2 Å². The number of aliphatic hydroxyl groups is 1. The summed E-state index contributed by atoms with van der Waals surface area (Å²) >= 11 is 0. The Labute approximate surface area is 220 Å². The maximum Gasteiger partial charge on any atom is 0.251 e. The van der Waals surface area contributed by atoms with Gasteiger partial charge in [0.25, 0.3) is 5.91 Å². The van der Waals surface area contributed by atoms with Gasteiger partial charge in [-0.1, -0.05) is 18.2 Å². The molecule has 0 atom stereocenters. The van der Waals surface area contributed by atoms with Gasteiger partial charge in [-0.25, -0.2) is 4.39 Å². The second-order valence-corrected chi connectivity index (χ2v) is 7.91. The number of nitrogens with one attached hydrogen (secondary N) is 4. The number of amides is 1. The minimum absolute atomic E-state index is 0.100. The Morgan fingerprint density at radius 2 is 1.61 bits per heavy atom. The van der Waals surface area contributed by atoms with Crippen molar-refractivity contribution in [3.05, 3.63) is 65.5 Å². The van der Waals surface area contributed by atoms with Crippen LogP contribution >= 0.6 is 0 Å². The van der Waals surface area contributed by atoms with Crippen molar-refractivity contribution in [2.45, 2.75) is 6.54 Å². The normalized spacial score (nSPS) is 10.7. The Morgan fingerprint density at radius 3 is 2.34 bits per heavy atom. The smallest absolute Gasteiger partial charge is 0.251 e. The maximum atomic E-state index is 13.2. The van der Waals surface area contributed by atoms with Gasteiger partial charge in [0.1, 0.15) is 5.82 Å². The van der Waals surface area contributed by atoms with Gasteiger partial charge in [-0.05, 0) is 35.9 Å². The first-order valence-electron chi connectivity index (χ1n) is 12.2. The Bertz CT molecular complexity index is 1140. The Hall–Kier alpha value is -3.91. The molecule has 0 saturated heterocycles. The van der Waals surface area contributed by atoms with E-state index >= 15 is 0 Å². The van der Waals surface area contributed by atoms with Crippen LogP contribution in [0.25, 0.3) is 0 Å². The standard InChI is InChI=1S/C25H33FN8O4/c26-20-6-4-18(5-7-20)17-30-24-32-23(29-9-11-35)33-25(34-24)31-21-3-1-2-19(16-21)22(36)28-10-13-38-15-14-37-12-8-27/h1-7,16,35H,8-15,17,27H2,(H,28,36)(H3,29,30,31,32,33,34). The minimum Gasteiger partial charge on any atom is -0.395 e. The number of rotatable bonds is 17. The first-order chi connectivity index (χ1) is 18.6. The van der Waals surface area contributed by atoms with Gasteiger partial charge < -0.3 is 41.6 Å². The highest BCUT2D eigenvalue weighted by atomic mass is 19.1. The van der Waals surface area contributed by atoms with E-state index < -0.39 is 0 Å². The molecule has 7 N–H and O–H groups in total. The Balaban J connectivity index is 1.58. The molecule has 0 aliphatic carbocycles. The third kappa shape index (κ3) is 10.2. The molecule has 1 amide bonds. The number of hydrogen-bond acceptors (Lipinski definition) is 11. The monoisotopic (exact) mass is 528 g/mol. The maximum absolute atomic E-state index is 13.2. The number of aromatic nitrogens is 3. The Kier molecular flexibility index (Phi) is 12.1. The van der Waals surface area contributed by atoms with Crippen LogP contribution in [-0.4, -0.2) is 78.6 Å². The van der Waals surface area contributed by atoms with E-state index in [4.69, 9.17) is 20.3 Å². The van der Waals surface area contributed by atoms with Crippen molar-refractivity contribution in [2.75, 3.05) is 68.6 Å². The number of anilines is 4. The molecule has 12 nitrogen and oxygen atoms in total. The fourth-order valence-electron chi connectivity index (χ4n) is 3.15. The molecular formula is C25H33FN8O4. The lowest BCUT2D eigenvalue weighted by Gasteiger charge is -2.12. The number of carbonyl (C=O) groups excluding carboxylic acids is 1. The molecule has 0 spiro atoms. The van der Waals surface area contributed by atoms with Crippen LogP contribution in [0.3, 0.4) is 0 Å². The number of carbonyl (C=O) groups is 1. The lowest BCUT2D eigenvalue weighted by Crippen LogP contribution is -2.27. The van der Waals surface area contributed by atoms with Crippen molar-refractivity contribution in [2.24, 2.45) is 5.73 Å². The molecule has 0 fully saturated rings. The van der Waals surface area contributed by atoms with Gasteiger partial charge in [-0.3, -0.25) is 4.79 Å². The summed E-state index contributed by atoms with van der Waals surface area (Å²) in [6.07, 6.45) is 0. The highest BCUT2D eigenvalue weighted by Crippen LogP contribution is 2.18. The zero-order chi connectivity index (χ0) is 27.0. The van der Waals surface area contributed by atoms with Crippen molar-refractivity contribution in [3.8, 4) is 0 Å². The third-order valence-corrected chi connectivity index (χ3v) is 4.94. The molecule has 0 aliphatic rings. The van der Waals surface area contributed by atoms with E-state index in [9.17, 15) is 9.18 Å². The minimum atomic E-state index is -0.315. The molecule has 3 rings (SSSR count). The van der Waals surface area contributed by atoms with Crippen LogP contribution in [0.5, 0.6) is 0 Å². The predicted octanol–water partition coefficient (Wildman–Crippen LogP) is 1.49. The van der Waals surface area contributed by atoms with E-state index in [-0.39, 0.29) is 42.7 Å². The number of halogens is 1. The van der Waals surface area contributed by atoms with Crippen LogP contribution in [0.2, 0.25) is 0 Å². The summed E-state index contributed by atoms with van der Waals surface area (Å²) in [6, 6.07) is 13.0. The van der Waals surface area contributed by atoms with Crippen molar-refractivity contribution in [3.63, 3.8) is 0 Å². The van der Waals surface area contributed by atoms with E-state index in [0.29, 0.717) is 57.3 Å². The van der Waals surface area contributed by atoms with Crippen molar-refractivity contribution < 1.29 is 23.8 Å². The average Bonchev–Trinajstić information content (AvgIpc) is 2.93. The Morgan fingerprint density at radius 1 is 0.895 bits per heavy atom. The summed E-state index contributed by atoms with van der Waals surface area (Å²) in [6.45, 7) is 3.06. The number of hydrogen-bond donors (Lipinski definition) is 6. The molecule has 204 valence electrons. The van der Waals surface area contributed by atoms with Gasteiger partial charge in [-0.2, -0.15) is 15.0 Å². The van der Waals surface area contributed by atoms with Gasteiger partial charge in [0, 0.05) is 37.4 Å². The SMILES string of the molecule is NCCOCCOCCNC(=O)c1cccc(Nc2nc(NCCO)nc(NCc3ccc(F)cc3)n2)c1. The zero-order valence-corrected chi connectivity index (χ0v) is 21.0. The van der Waals surface area contributed by atoms with Gasteiger partial charge in [0.2, 0.25) is 17.8 Å². The van der Waals surface area contributed by atoms with Crippen LogP contribution < -0.4 is 27.0 Å². The summed E-state index contributed by atoms with van der Waals surface area (Å²) < 4.78 is 23.8. The molecule has 0 saturated carbocycles. The lowest BCUT2D eigenvalue weighted by atomic mass is 10.2. The molecule has 0 unspecified atom stereocenters. The highest BCUT2D eigenvalue weighted by molar-refractivity contribution is 5.95. The van der Waals surface area contributed by atoms with Gasteiger partial charge in [-0.15, -0.1) is 0 Å². The van der Waals surface area contributed by atoms with E-state index in [1.807, 2.05) is 0 Å². The predicted molar refractivity (Wildman–Crippen MR) is 142 cm³/mol. The van der Waals surface area contributed by atoms with Gasteiger partial charge in [0.15, 0.2) is 0 Å². The second-order valence-electron chi connectivity index (χ2n) is 7.91. The van der Waals surface area contributed by atoms with E-state index in [1.165, 1.54) is 12.1 Å². The molecule has 1 heterocycles. The third-order valence-electron chi connectivity index (χ3n) is 4.94. The number of aliphatic hydroxyl groups excluding tert-OH is 1. The largest absolute Gasteiger partial charge is 0.395 e. The fourth-order valence-corrected chi connectivity index (χ4v) is 3.15. The summed E-state index contributed by atoms with van der Waals surface area (Å²) in [5.74, 6) is 0.184.